The molecule has 0 bridgehead atoms. The van der Waals surface area contributed by atoms with Crippen LogP contribution >= 0.6 is 27.3 Å². The number of carbonyl (C=O) groups is 1. The molecule has 2 aromatic rings. The minimum atomic E-state index is -0.0965. The number of amides is 1. The summed E-state index contributed by atoms with van der Waals surface area (Å²) in [5, 5.41) is 2.99. The lowest BCUT2D eigenvalue weighted by Crippen LogP contribution is -2.34. The van der Waals surface area contributed by atoms with Gasteiger partial charge in [-0.05, 0) is 54.0 Å². The Hall–Kier alpha value is -1.20. The lowest BCUT2D eigenvalue weighted by Gasteiger charge is -2.13. The van der Waals surface area contributed by atoms with Crippen LogP contribution in [0.3, 0.4) is 0 Å². The smallest absolute Gasteiger partial charge is 0.254 e. The van der Waals surface area contributed by atoms with E-state index in [1.165, 1.54) is 9.75 Å². The molecule has 1 atom stereocenters. The maximum absolute atomic E-state index is 12.1. The second-order valence-electron chi connectivity index (χ2n) is 4.43. The number of hydrogen-bond donors (Lipinski definition) is 1. The molecule has 2 heterocycles. The molecular formula is C14H15BrN2OS. The summed E-state index contributed by atoms with van der Waals surface area (Å²) in [6.45, 7) is 4.10. The summed E-state index contributed by atoms with van der Waals surface area (Å²) in [6.07, 6.45) is 2.50. The summed E-state index contributed by atoms with van der Waals surface area (Å²) >= 11 is 5.06. The highest BCUT2D eigenvalue weighted by Gasteiger charge is 2.13. The van der Waals surface area contributed by atoms with E-state index in [-0.39, 0.29) is 11.9 Å². The number of carbonyl (C=O) groups excluding carboxylic acids is 1. The predicted molar refractivity (Wildman–Crippen MR) is 81.6 cm³/mol. The second-order valence-corrected chi connectivity index (χ2v) is 6.56. The Morgan fingerprint density at radius 2 is 2.26 bits per heavy atom. The van der Waals surface area contributed by atoms with Crippen LogP contribution < -0.4 is 5.32 Å². The lowest BCUT2D eigenvalue weighted by atomic mass is 10.2. The SMILES string of the molecule is Cc1ccc(CC(C)NC(=O)c2cccnc2Br)s1. The molecule has 0 saturated carbocycles. The highest BCUT2D eigenvalue weighted by molar-refractivity contribution is 9.10. The van der Waals surface area contributed by atoms with Gasteiger partial charge in [0.25, 0.3) is 5.91 Å². The van der Waals surface area contributed by atoms with E-state index in [9.17, 15) is 4.79 Å². The Bertz CT molecular complexity index is 582. The van der Waals surface area contributed by atoms with Crippen molar-refractivity contribution in [2.75, 3.05) is 0 Å². The summed E-state index contributed by atoms with van der Waals surface area (Å²) in [5.41, 5.74) is 0.566. The quantitative estimate of drug-likeness (QED) is 0.865. The first-order valence-electron chi connectivity index (χ1n) is 6.03. The number of aromatic nitrogens is 1. The Balaban J connectivity index is 1.97. The fourth-order valence-corrected chi connectivity index (χ4v) is 3.25. The normalized spacial score (nSPS) is 12.2. The first-order chi connectivity index (χ1) is 9.06. The van der Waals surface area contributed by atoms with Gasteiger partial charge in [-0.25, -0.2) is 4.98 Å². The van der Waals surface area contributed by atoms with E-state index < -0.39 is 0 Å². The molecule has 100 valence electrons. The van der Waals surface area contributed by atoms with E-state index >= 15 is 0 Å². The molecule has 0 aromatic carbocycles. The van der Waals surface area contributed by atoms with Gasteiger partial charge in [0.05, 0.1) is 5.56 Å². The molecule has 0 radical (unpaired) electrons. The molecule has 0 saturated heterocycles. The molecule has 5 heteroatoms. The van der Waals surface area contributed by atoms with Gasteiger partial charge in [0.15, 0.2) is 0 Å². The number of pyridine rings is 1. The number of hydrogen-bond acceptors (Lipinski definition) is 3. The van der Waals surface area contributed by atoms with Crippen molar-refractivity contribution in [3.05, 3.63) is 50.4 Å². The summed E-state index contributed by atoms with van der Waals surface area (Å²) in [4.78, 5) is 18.7. The van der Waals surface area contributed by atoms with Gasteiger partial charge in [-0.15, -0.1) is 11.3 Å². The molecular weight excluding hydrogens is 324 g/mol. The van der Waals surface area contributed by atoms with Gasteiger partial charge in [-0.1, -0.05) is 0 Å². The number of nitrogens with one attached hydrogen (secondary N) is 1. The number of aryl methyl sites for hydroxylation is 1. The topological polar surface area (TPSA) is 42.0 Å². The van der Waals surface area contributed by atoms with Crippen LogP contribution in [0.15, 0.2) is 35.1 Å². The highest BCUT2D eigenvalue weighted by atomic mass is 79.9. The first kappa shape index (κ1) is 14.2. The molecule has 0 aliphatic carbocycles. The Kier molecular flexibility index (Phi) is 4.71. The van der Waals surface area contributed by atoms with E-state index in [2.05, 4.69) is 45.3 Å². The van der Waals surface area contributed by atoms with Gasteiger partial charge in [0, 0.05) is 28.4 Å². The van der Waals surface area contributed by atoms with Crippen LogP contribution in [0.2, 0.25) is 0 Å². The molecule has 0 spiro atoms. The van der Waals surface area contributed by atoms with Crippen LogP contribution in [0.1, 0.15) is 27.0 Å². The minimum absolute atomic E-state index is 0.0951. The second kappa shape index (κ2) is 6.30. The van der Waals surface area contributed by atoms with Crippen molar-refractivity contribution in [2.45, 2.75) is 26.3 Å². The molecule has 2 rings (SSSR count). The fourth-order valence-electron chi connectivity index (χ4n) is 1.80. The molecule has 3 nitrogen and oxygen atoms in total. The standard InChI is InChI=1S/C14H15BrN2OS/c1-9(8-11-6-5-10(2)19-11)17-14(18)12-4-3-7-16-13(12)15/h3-7,9H,8H2,1-2H3,(H,17,18). The van der Waals surface area contributed by atoms with Crippen molar-refractivity contribution in [3.8, 4) is 0 Å². The summed E-state index contributed by atoms with van der Waals surface area (Å²) in [7, 11) is 0. The Labute approximate surface area is 125 Å². The molecule has 19 heavy (non-hydrogen) atoms. The van der Waals surface area contributed by atoms with Gasteiger partial charge in [-0.3, -0.25) is 4.79 Å². The van der Waals surface area contributed by atoms with E-state index in [1.807, 2.05) is 6.92 Å². The molecule has 1 amide bonds. The van der Waals surface area contributed by atoms with Crippen molar-refractivity contribution in [1.29, 1.82) is 0 Å². The van der Waals surface area contributed by atoms with Crippen molar-refractivity contribution < 1.29 is 4.79 Å². The minimum Gasteiger partial charge on any atom is -0.349 e. The first-order valence-corrected chi connectivity index (χ1v) is 7.64. The molecule has 1 N–H and O–H groups in total. The maximum atomic E-state index is 12.1. The monoisotopic (exact) mass is 338 g/mol. The van der Waals surface area contributed by atoms with E-state index in [1.54, 1.807) is 29.7 Å². The Morgan fingerprint density at radius 3 is 2.89 bits per heavy atom. The van der Waals surface area contributed by atoms with Crippen LogP contribution in [0, 0.1) is 6.92 Å². The zero-order valence-electron chi connectivity index (χ0n) is 10.8. The van der Waals surface area contributed by atoms with E-state index in [0.717, 1.165) is 6.42 Å². The molecule has 0 fully saturated rings. The van der Waals surface area contributed by atoms with Crippen LogP contribution in [0.25, 0.3) is 0 Å². The van der Waals surface area contributed by atoms with Crippen LogP contribution in [0.5, 0.6) is 0 Å². The van der Waals surface area contributed by atoms with Crippen LogP contribution in [0.4, 0.5) is 0 Å². The van der Waals surface area contributed by atoms with Crippen molar-refractivity contribution in [1.82, 2.24) is 10.3 Å². The summed E-state index contributed by atoms with van der Waals surface area (Å²) in [6, 6.07) is 7.83. The van der Waals surface area contributed by atoms with Gasteiger partial charge < -0.3 is 5.32 Å². The summed E-state index contributed by atoms with van der Waals surface area (Å²) in [5.74, 6) is -0.0965. The lowest BCUT2D eigenvalue weighted by molar-refractivity contribution is 0.0939. The third-order valence-electron chi connectivity index (χ3n) is 2.68. The predicted octanol–water partition coefficient (Wildman–Crippen LogP) is 3.58. The third-order valence-corrected chi connectivity index (χ3v) is 4.34. The molecule has 0 aliphatic heterocycles. The van der Waals surface area contributed by atoms with Crippen molar-refractivity contribution in [2.24, 2.45) is 0 Å². The van der Waals surface area contributed by atoms with Gasteiger partial charge in [-0.2, -0.15) is 0 Å². The number of rotatable bonds is 4. The molecule has 2 aromatic heterocycles. The molecule has 0 aliphatic rings. The van der Waals surface area contributed by atoms with Gasteiger partial charge in [0.1, 0.15) is 4.60 Å². The van der Waals surface area contributed by atoms with Crippen LogP contribution in [-0.4, -0.2) is 16.9 Å². The Morgan fingerprint density at radius 1 is 1.47 bits per heavy atom. The number of nitrogens with zero attached hydrogens (tertiary/aromatic N) is 1. The van der Waals surface area contributed by atoms with Crippen LogP contribution in [-0.2, 0) is 6.42 Å². The zero-order chi connectivity index (χ0) is 13.8. The van der Waals surface area contributed by atoms with Gasteiger partial charge in [0.2, 0.25) is 0 Å². The fraction of sp³-hybridized carbons (Fsp3) is 0.286. The number of halogens is 1. The summed E-state index contributed by atoms with van der Waals surface area (Å²) < 4.78 is 0.576. The zero-order valence-corrected chi connectivity index (χ0v) is 13.2. The van der Waals surface area contributed by atoms with Crippen molar-refractivity contribution in [3.63, 3.8) is 0 Å². The largest absolute Gasteiger partial charge is 0.349 e. The highest BCUT2D eigenvalue weighted by Crippen LogP contribution is 2.17. The third kappa shape index (κ3) is 3.88. The average molecular weight is 339 g/mol. The van der Waals surface area contributed by atoms with Gasteiger partial charge >= 0.3 is 0 Å². The molecule has 1 unspecified atom stereocenters. The van der Waals surface area contributed by atoms with Crippen molar-refractivity contribution >= 4 is 33.2 Å². The average Bonchev–Trinajstić information content (AvgIpc) is 2.74. The number of thiophene rings is 1. The van der Waals surface area contributed by atoms with E-state index in [0.29, 0.717) is 10.2 Å². The maximum Gasteiger partial charge on any atom is 0.254 e. The van der Waals surface area contributed by atoms with E-state index in [4.69, 9.17) is 0 Å².